The minimum absolute atomic E-state index is 0.140. The van der Waals surface area contributed by atoms with E-state index in [1.807, 2.05) is 17.4 Å². The zero-order valence-electron chi connectivity index (χ0n) is 38.1. The number of aromatic nitrogens is 1. The van der Waals surface area contributed by atoms with Gasteiger partial charge in [0.25, 0.3) is 0 Å². The lowest BCUT2D eigenvalue weighted by molar-refractivity contribution is 0.668. The van der Waals surface area contributed by atoms with E-state index < -0.39 is 0 Å². The summed E-state index contributed by atoms with van der Waals surface area (Å²) >= 11 is 1.87. The molecular formula is C67H43NOS. The van der Waals surface area contributed by atoms with Crippen LogP contribution in [0.25, 0.3) is 114 Å². The maximum Gasteiger partial charge on any atom is 0.135 e. The number of benzene rings is 11. The average molecular weight is 910 g/mol. The summed E-state index contributed by atoms with van der Waals surface area (Å²) in [5.41, 5.74) is 18.4. The quantitative estimate of drug-likeness (QED) is 0.139. The highest BCUT2D eigenvalue weighted by molar-refractivity contribution is 7.25. The number of rotatable bonds is 8. The van der Waals surface area contributed by atoms with Gasteiger partial charge in [-0.25, -0.2) is 0 Å². The highest BCUT2D eigenvalue weighted by Crippen LogP contribution is 2.46. The summed E-state index contributed by atoms with van der Waals surface area (Å²) in [6.45, 7) is 0. The molecule has 0 saturated heterocycles. The summed E-state index contributed by atoms with van der Waals surface area (Å²) in [7, 11) is 0. The summed E-state index contributed by atoms with van der Waals surface area (Å²) in [6.07, 6.45) is 0. The van der Waals surface area contributed by atoms with Gasteiger partial charge in [0.05, 0.1) is 11.0 Å². The Kier molecular flexibility index (Phi) is 9.50. The van der Waals surface area contributed by atoms with E-state index in [0.717, 1.165) is 33.1 Å². The van der Waals surface area contributed by atoms with Crippen molar-refractivity contribution in [3.63, 3.8) is 0 Å². The van der Waals surface area contributed by atoms with Crippen molar-refractivity contribution in [2.75, 3.05) is 0 Å². The Bertz CT molecular complexity index is 4220. The van der Waals surface area contributed by atoms with E-state index in [4.69, 9.17) is 4.42 Å². The van der Waals surface area contributed by atoms with Gasteiger partial charge < -0.3 is 8.98 Å². The van der Waals surface area contributed by atoms with Crippen molar-refractivity contribution in [2.24, 2.45) is 0 Å². The number of para-hydroxylation sites is 1. The van der Waals surface area contributed by atoms with Crippen molar-refractivity contribution >= 4 is 75.3 Å². The first-order valence-corrected chi connectivity index (χ1v) is 24.8. The van der Waals surface area contributed by atoms with E-state index in [1.54, 1.807) is 0 Å². The highest BCUT2D eigenvalue weighted by Gasteiger charge is 2.25. The molecule has 0 fully saturated rings. The van der Waals surface area contributed by atoms with Gasteiger partial charge in [0.15, 0.2) is 0 Å². The summed E-state index contributed by atoms with van der Waals surface area (Å²) in [6, 6.07) is 93.7. The van der Waals surface area contributed by atoms with Gasteiger partial charge in [-0.3, -0.25) is 0 Å². The molecule has 70 heavy (non-hydrogen) atoms. The minimum atomic E-state index is -0.140. The molecule has 1 atom stereocenters. The molecule has 0 spiro atoms. The molecule has 2 nitrogen and oxygen atoms in total. The molecular weight excluding hydrogens is 867 g/mol. The Hall–Kier alpha value is -8.76. The van der Waals surface area contributed by atoms with E-state index in [9.17, 15) is 0 Å². The molecule has 0 amide bonds. The van der Waals surface area contributed by atoms with Gasteiger partial charge in [-0.15, -0.1) is 11.3 Å². The molecule has 3 heteroatoms. The Morgan fingerprint density at radius 1 is 0.314 bits per heavy atom. The fourth-order valence-electron chi connectivity index (χ4n) is 11.0. The van der Waals surface area contributed by atoms with Crippen molar-refractivity contribution in [3.05, 3.63) is 271 Å². The third-order valence-corrected chi connectivity index (χ3v) is 15.4. The molecule has 0 radical (unpaired) electrons. The first kappa shape index (κ1) is 40.3. The van der Waals surface area contributed by atoms with Crippen LogP contribution in [0.2, 0.25) is 0 Å². The molecule has 328 valence electrons. The second kappa shape index (κ2) is 16.5. The zero-order valence-corrected chi connectivity index (χ0v) is 38.9. The summed E-state index contributed by atoms with van der Waals surface area (Å²) in [4.78, 5) is 0. The van der Waals surface area contributed by atoms with E-state index in [-0.39, 0.29) is 5.92 Å². The fraction of sp³-hybridized carbons (Fsp3) is 0.0149. The number of fused-ring (bicyclic) bond motifs is 9. The molecule has 0 N–H and O–H groups in total. The molecule has 14 rings (SSSR count). The van der Waals surface area contributed by atoms with E-state index in [2.05, 4.69) is 253 Å². The van der Waals surface area contributed by atoms with E-state index in [0.29, 0.717) is 0 Å². The second-order valence-electron chi connectivity index (χ2n) is 18.4. The maximum atomic E-state index is 6.45. The number of thiophene rings is 1. The lowest BCUT2D eigenvalue weighted by Gasteiger charge is -2.22. The standard InChI is InChI=1S/C67H43NOS/c1-5-17-43(18-6-1)49-35-50(44-19-7-2-8-20-44)37-52(36-49)66(47-30-34-63-59(38-47)55-25-13-15-27-62(55)69-63)48-29-32-54-60-40-51(45-21-9-3-10-22-45)39-58(46-23-11-4-12-24-46)67(60)68(61(54)41-48)53-31-33-57-56-26-14-16-28-64(56)70-65(57)42-53/h1-42,66H. The maximum absolute atomic E-state index is 6.45. The Balaban J connectivity index is 1.09. The number of nitrogens with zero attached hydrogens (tertiary/aromatic N) is 1. The van der Waals surface area contributed by atoms with Crippen molar-refractivity contribution in [3.8, 4) is 50.2 Å². The van der Waals surface area contributed by atoms with Gasteiger partial charge in [0.1, 0.15) is 11.2 Å². The van der Waals surface area contributed by atoms with Crippen LogP contribution >= 0.6 is 11.3 Å². The molecule has 0 aliphatic heterocycles. The Morgan fingerprint density at radius 3 is 1.56 bits per heavy atom. The fourth-order valence-corrected chi connectivity index (χ4v) is 12.2. The van der Waals surface area contributed by atoms with Gasteiger partial charge in [-0.1, -0.05) is 194 Å². The van der Waals surface area contributed by atoms with Crippen molar-refractivity contribution in [2.45, 2.75) is 5.92 Å². The number of hydrogen-bond acceptors (Lipinski definition) is 2. The predicted molar refractivity (Wildman–Crippen MR) is 297 cm³/mol. The predicted octanol–water partition coefficient (Wildman–Crippen LogP) is 18.9. The van der Waals surface area contributed by atoms with Gasteiger partial charge in [-0.2, -0.15) is 0 Å². The average Bonchev–Trinajstić information content (AvgIpc) is 4.10. The molecule has 3 heterocycles. The van der Waals surface area contributed by atoms with Gasteiger partial charge in [0.2, 0.25) is 0 Å². The van der Waals surface area contributed by atoms with Crippen LogP contribution in [0.3, 0.4) is 0 Å². The van der Waals surface area contributed by atoms with Crippen LogP contribution in [-0.2, 0) is 0 Å². The van der Waals surface area contributed by atoms with Gasteiger partial charge in [0, 0.05) is 58.9 Å². The molecule has 3 aromatic heterocycles. The van der Waals surface area contributed by atoms with Crippen LogP contribution in [0.5, 0.6) is 0 Å². The molecule has 1 unspecified atom stereocenters. The number of furan rings is 1. The summed E-state index contributed by atoms with van der Waals surface area (Å²) < 4.78 is 11.6. The SMILES string of the molecule is c1ccc(-c2cc(-c3ccccc3)cc(C(c3ccc4oc5ccccc5c4c3)c3ccc4c5cc(-c6ccccc6)cc(-c6ccccc6)c5n(-c5ccc6c(c5)sc5ccccc56)c4c3)c2)cc1. The highest BCUT2D eigenvalue weighted by atomic mass is 32.1. The lowest BCUT2D eigenvalue weighted by Crippen LogP contribution is -2.05. The van der Waals surface area contributed by atoms with Crippen LogP contribution in [0.4, 0.5) is 0 Å². The molecule has 11 aromatic carbocycles. The Morgan fingerprint density at radius 2 is 0.857 bits per heavy atom. The van der Waals surface area contributed by atoms with Crippen LogP contribution in [0.1, 0.15) is 22.6 Å². The zero-order chi connectivity index (χ0) is 46.1. The summed E-state index contributed by atoms with van der Waals surface area (Å²) in [5, 5.41) is 7.26. The molecule has 0 saturated carbocycles. The molecule has 0 aliphatic rings. The van der Waals surface area contributed by atoms with Crippen LogP contribution in [0, 0.1) is 0 Å². The largest absolute Gasteiger partial charge is 0.456 e. The summed E-state index contributed by atoms with van der Waals surface area (Å²) in [5.74, 6) is -0.140. The van der Waals surface area contributed by atoms with Crippen LogP contribution in [-0.4, -0.2) is 4.57 Å². The number of hydrogen-bond donors (Lipinski definition) is 0. The minimum Gasteiger partial charge on any atom is -0.456 e. The van der Waals surface area contributed by atoms with Crippen LogP contribution < -0.4 is 0 Å². The molecule has 0 bridgehead atoms. The van der Waals surface area contributed by atoms with Gasteiger partial charge >= 0.3 is 0 Å². The molecule has 14 aromatic rings. The first-order chi connectivity index (χ1) is 34.7. The Labute approximate surface area is 409 Å². The normalized spacial score (nSPS) is 12.2. The third-order valence-electron chi connectivity index (χ3n) is 14.3. The third kappa shape index (κ3) is 6.77. The van der Waals surface area contributed by atoms with Crippen molar-refractivity contribution < 1.29 is 4.42 Å². The monoisotopic (exact) mass is 909 g/mol. The molecule has 0 aliphatic carbocycles. The lowest BCUT2D eigenvalue weighted by atomic mass is 9.82. The smallest absolute Gasteiger partial charge is 0.135 e. The van der Waals surface area contributed by atoms with Crippen molar-refractivity contribution in [1.82, 2.24) is 4.57 Å². The van der Waals surface area contributed by atoms with Crippen molar-refractivity contribution in [1.29, 1.82) is 0 Å². The van der Waals surface area contributed by atoms with E-state index in [1.165, 1.54) is 97.7 Å². The van der Waals surface area contributed by atoms with E-state index >= 15 is 0 Å². The first-order valence-electron chi connectivity index (χ1n) is 24.0. The van der Waals surface area contributed by atoms with Gasteiger partial charge in [-0.05, 0) is 116 Å². The van der Waals surface area contributed by atoms with Crippen LogP contribution in [0.15, 0.2) is 259 Å². The topological polar surface area (TPSA) is 18.1 Å². The second-order valence-corrected chi connectivity index (χ2v) is 19.5.